The maximum absolute atomic E-state index is 6.26. The van der Waals surface area contributed by atoms with Crippen LogP contribution in [0.1, 0.15) is 6.42 Å². The quantitative estimate of drug-likeness (QED) is 0.179. The van der Waals surface area contributed by atoms with Crippen LogP contribution in [0.5, 0.6) is 0 Å². The van der Waals surface area contributed by atoms with Crippen LogP contribution in [-0.4, -0.2) is 19.5 Å². The maximum Gasteiger partial charge on any atom is 0.164 e. The number of aromatic nitrogens is 4. The van der Waals surface area contributed by atoms with E-state index >= 15 is 0 Å². The smallest absolute Gasteiger partial charge is 0.164 e. The summed E-state index contributed by atoms with van der Waals surface area (Å²) in [6.45, 7) is 0. The highest BCUT2D eigenvalue weighted by Gasteiger charge is 2.17. The molecule has 0 radical (unpaired) electrons. The molecular formula is C50H32N4O. The lowest BCUT2D eigenvalue weighted by Gasteiger charge is -2.12. The van der Waals surface area contributed by atoms with Gasteiger partial charge in [0.1, 0.15) is 11.2 Å². The van der Waals surface area contributed by atoms with Crippen LogP contribution in [0.3, 0.4) is 0 Å². The van der Waals surface area contributed by atoms with E-state index in [9.17, 15) is 0 Å². The number of nitrogens with zero attached hydrogens (tertiary/aromatic N) is 4. The monoisotopic (exact) mass is 704 g/mol. The van der Waals surface area contributed by atoms with E-state index < -0.39 is 0 Å². The Balaban J connectivity index is 1.10. The summed E-state index contributed by atoms with van der Waals surface area (Å²) in [5, 5.41) is 8.24. The first-order valence-electron chi connectivity index (χ1n) is 18.6. The van der Waals surface area contributed by atoms with Crippen molar-refractivity contribution in [1.29, 1.82) is 0 Å². The summed E-state index contributed by atoms with van der Waals surface area (Å²) >= 11 is 0. The fourth-order valence-electron chi connectivity index (χ4n) is 8.06. The standard InChI is InChI=1S/C50H32N4O/c1-3-14-33(15-4-1)48-51-49(53-50(52-48)36-26-28-43-42-21-9-10-24-46(42)55-47(43)31-36)35-17-11-18-37(29-35)54-44-23-6-2-5-20-40(44)41-27-25-34(30-45(41)54)39-22-12-16-32-13-7-8-19-38(32)39/h1-4,6-31H,5H2. The molecule has 1 aliphatic rings. The molecule has 258 valence electrons. The molecule has 10 aromatic rings. The van der Waals surface area contributed by atoms with Gasteiger partial charge in [0.15, 0.2) is 17.5 Å². The zero-order chi connectivity index (χ0) is 36.3. The van der Waals surface area contributed by atoms with E-state index in [2.05, 4.69) is 132 Å². The highest BCUT2D eigenvalue weighted by Crippen LogP contribution is 2.34. The van der Waals surface area contributed by atoms with Crippen molar-refractivity contribution in [2.24, 2.45) is 0 Å². The van der Waals surface area contributed by atoms with Gasteiger partial charge >= 0.3 is 0 Å². The van der Waals surface area contributed by atoms with Gasteiger partial charge in [0, 0.05) is 43.8 Å². The Morgan fingerprint density at radius 1 is 0.491 bits per heavy atom. The lowest BCUT2D eigenvalue weighted by molar-refractivity contribution is 0.669. The molecule has 3 aromatic heterocycles. The third kappa shape index (κ3) is 5.28. The van der Waals surface area contributed by atoms with E-state index in [1.54, 1.807) is 0 Å². The molecule has 0 spiro atoms. The van der Waals surface area contributed by atoms with Gasteiger partial charge in [-0.05, 0) is 70.8 Å². The Kier molecular flexibility index (Phi) is 7.17. The molecule has 5 nitrogen and oxygen atoms in total. The van der Waals surface area contributed by atoms with Gasteiger partial charge in [-0.2, -0.15) is 0 Å². The summed E-state index contributed by atoms with van der Waals surface area (Å²) in [5.41, 5.74) is 8.93. The predicted molar refractivity (Wildman–Crippen MR) is 225 cm³/mol. The molecule has 0 saturated heterocycles. The van der Waals surface area contributed by atoms with Crippen molar-refractivity contribution in [2.45, 2.75) is 6.42 Å². The average Bonchev–Trinajstić information content (AvgIpc) is 3.67. The molecule has 0 aliphatic heterocycles. The van der Waals surface area contributed by atoms with Gasteiger partial charge in [-0.25, -0.2) is 15.0 Å². The van der Waals surface area contributed by atoms with E-state index in [0.29, 0.717) is 17.5 Å². The zero-order valence-corrected chi connectivity index (χ0v) is 29.7. The fourth-order valence-corrected chi connectivity index (χ4v) is 8.06. The molecule has 0 bridgehead atoms. The van der Waals surface area contributed by atoms with Gasteiger partial charge < -0.3 is 8.98 Å². The van der Waals surface area contributed by atoms with Crippen molar-refractivity contribution in [3.63, 3.8) is 0 Å². The Morgan fingerprint density at radius 2 is 1.16 bits per heavy atom. The number of para-hydroxylation sites is 1. The van der Waals surface area contributed by atoms with Crippen LogP contribution in [0.15, 0.2) is 174 Å². The summed E-state index contributed by atoms with van der Waals surface area (Å²) in [4.78, 5) is 15.2. The number of hydrogen-bond acceptors (Lipinski definition) is 4. The van der Waals surface area contributed by atoms with Crippen molar-refractivity contribution < 1.29 is 4.42 Å². The Bertz CT molecular complexity index is 3290. The third-order valence-electron chi connectivity index (χ3n) is 10.7. The lowest BCUT2D eigenvalue weighted by Crippen LogP contribution is -2.27. The predicted octanol–water partition coefficient (Wildman–Crippen LogP) is 11.1. The molecule has 0 N–H and O–H groups in total. The van der Waals surface area contributed by atoms with Crippen LogP contribution in [0.4, 0.5) is 0 Å². The molecule has 0 saturated carbocycles. The molecule has 0 atom stereocenters. The molecule has 1 aliphatic carbocycles. The summed E-state index contributed by atoms with van der Waals surface area (Å²) in [6, 6.07) is 55.0. The minimum absolute atomic E-state index is 0.588. The number of hydrogen-bond donors (Lipinski definition) is 0. The SMILES string of the molecule is C1=CCC=c2c(n(-c3cccc(-c4nc(-c5ccccc5)nc(-c5ccc6c(c5)oc5ccccc56)n4)c3)c3cc(-c4cccc5ccccc45)ccc23)=C1. The largest absolute Gasteiger partial charge is 0.456 e. The van der Waals surface area contributed by atoms with Crippen LogP contribution in [0.2, 0.25) is 0 Å². The highest BCUT2D eigenvalue weighted by atomic mass is 16.3. The maximum atomic E-state index is 6.26. The number of benzene rings is 7. The topological polar surface area (TPSA) is 56.7 Å². The van der Waals surface area contributed by atoms with Crippen molar-refractivity contribution in [2.75, 3.05) is 0 Å². The molecule has 7 aromatic carbocycles. The van der Waals surface area contributed by atoms with Crippen LogP contribution in [-0.2, 0) is 0 Å². The van der Waals surface area contributed by atoms with Crippen LogP contribution < -0.4 is 10.6 Å². The summed E-state index contributed by atoms with van der Waals surface area (Å²) in [7, 11) is 0. The normalized spacial score (nSPS) is 12.5. The van der Waals surface area contributed by atoms with E-state index in [0.717, 1.165) is 61.6 Å². The Morgan fingerprint density at radius 3 is 2.05 bits per heavy atom. The summed E-state index contributed by atoms with van der Waals surface area (Å²) in [6.07, 6.45) is 9.81. The molecule has 0 fully saturated rings. The molecular weight excluding hydrogens is 673 g/mol. The Labute approximate surface area is 316 Å². The zero-order valence-electron chi connectivity index (χ0n) is 29.7. The Hall–Kier alpha value is -7.37. The van der Waals surface area contributed by atoms with Gasteiger partial charge in [0.25, 0.3) is 0 Å². The summed E-state index contributed by atoms with van der Waals surface area (Å²) < 4.78 is 8.64. The van der Waals surface area contributed by atoms with Gasteiger partial charge in [0.2, 0.25) is 0 Å². The molecule has 0 amide bonds. The van der Waals surface area contributed by atoms with Crippen LogP contribution in [0, 0.1) is 0 Å². The summed E-state index contributed by atoms with van der Waals surface area (Å²) in [5.74, 6) is 1.80. The second-order valence-electron chi connectivity index (χ2n) is 14.0. The number of allylic oxidation sites excluding steroid dienone is 2. The highest BCUT2D eigenvalue weighted by molar-refractivity contribution is 6.06. The van der Waals surface area contributed by atoms with Gasteiger partial charge in [0.05, 0.1) is 10.9 Å². The van der Waals surface area contributed by atoms with Crippen LogP contribution in [0.25, 0.3) is 107 Å². The van der Waals surface area contributed by atoms with E-state index in [-0.39, 0.29) is 0 Å². The minimum atomic E-state index is 0.588. The lowest BCUT2D eigenvalue weighted by atomic mass is 9.97. The first kappa shape index (κ1) is 31.2. The molecule has 3 heterocycles. The second kappa shape index (κ2) is 12.6. The van der Waals surface area contributed by atoms with Crippen molar-refractivity contribution >= 4 is 55.8 Å². The molecule has 0 unspecified atom stereocenters. The minimum Gasteiger partial charge on any atom is -0.456 e. The van der Waals surface area contributed by atoms with Crippen molar-refractivity contribution in [3.05, 3.63) is 180 Å². The van der Waals surface area contributed by atoms with Gasteiger partial charge in [-0.15, -0.1) is 0 Å². The second-order valence-corrected chi connectivity index (χ2v) is 14.0. The molecule has 11 rings (SSSR count). The number of fused-ring (bicyclic) bond motifs is 7. The fraction of sp³-hybridized carbons (Fsp3) is 0.0200. The van der Waals surface area contributed by atoms with Gasteiger partial charge in [-0.3, -0.25) is 0 Å². The molecule has 5 heteroatoms. The van der Waals surface area contributed by atoms with Crippen LogP contribution >= 0.6 is 0 Å². The van der Waals surface area contributed by atoms with E-state index in [1.807, 2.05) is 54.6 Å². The molecule has 55 heavy (non-hydrogen) atoms. The number of rotatable bonds is 5. The first-order chi connectivity index (χ1) is 27.2. The number of furan rings is 1. The van der Waals surface area contributed by atoms with E-state index in [4.69, 9.17) is 19.4 Å². The van der Waals surface area contributed by atoms with Crippen molar-refractivity contribution in [3.8, 4) is 51.0 Å². The van der Waals surface area contributed by atoms with E-state index in [1.165, 1.54) is 32.5 Å². The first-order valence-corrected chi connectivity index (χ1v) is 18.6. The van der Waals surface area contributed by atoms with Gasteiger partial charge in [-0.1, -0.05) is 140 Å². The van der Waals surface area contributed by atoms with Crippen molar-refractivity contribution in [1.82, 2.24) is 19.5 Å². The third-order valence-corrected chi connectivity index (χ3v) is 10.7. The average molecular weight is 705 g/mol.